The molecule has 1 amide bonds. The van der Waals surface area contributed by atoms with Crippen LogP contribution in [0.25, 0.3) is 11.1 Å². The number of pyridine rings is 1. The first kappa shape index (κ1) is 18.5. The van der Waals surface area contributed by atoms with E-state index < -0.39 is 11.8 Å². The second-order valence-electron chi connectivity index (χ2n) is 6.53. The Labute approximate surface area is 166 Å². The van der Waals surface area contributed by atoms with Crippen molar-refractivity contribution in [3.8, 4) is 5.88 Å². The molecule has 0 aliphatic rings. The summed E-state index contributed by atoms with van der Waals surface area (Å²) in [6.45, 7) is 2.05. The zero-order valence-corrected chi connectivity index (χ0v) is 15.7. The molecule has 0 bridgehead atoms. The Bertz CT molecular complexity index is 1180. The second-order valence-corrected chi connectivity index (χ2v) is 6.53. The van der Waals surface area contributed by atoms with E-state index in [1.165, 1.54) is 10.8 Å². The zero-order valence-electron chi connectivity index (χ0n) is 15.7. The van der Waals surface area contributed by atoms with E-state index in [0.29, 0.717) is 29.3 Å². The Morgan fingerprint density at radius 1 is 1.10 bits per heavy atom. The molecule has 1 unspecified atom stereocenters. The van der Waals surface area contributed by atoms with Gasteiger partial charge >= 0.3 is 5.76 Å². The minimum absolute atomic E-state index is 0.349. The van der Waals surface area contributed by atoms with Gasteiger partial charge in [0, 0.05) is 6.07 Å². The maximum Gasteiger partial charge on any atom is 0.420 e. The molecule has 146 valence electrons. The van der Waals surface area contributed by atoms with Crippen LogP contribution in [0.4, 0.5) is 5.69 Å². The van der Waals surface area contributed by atoms with Gasteiger partial charge in [0.1, 0.15) is 12.6 Å². The number of ether oxygens (including phenoxy) is 1. The van der Waals surface area contributed by atoms with Gasteiger partial charge in [0.2, 0.25) is 11.8 Å². The molecule has 2 aromatic heterocycles. The smallest absolute Gasteiger partial charge is 0.420 e. The highest BCUT2D eigenvalue weighted by molar-refractivity contribution is 5.94. The van der Waals surface area contributed by atoms with Crippen LogP contribution < -0.4 is 15.8 Å². The predicted octanol–water partition coefficient (Wildman–Crippen LogP) is 3.77. The molecule has 4 aromatic rings. The molecule has 1 atom stereocenters. The minimum atomic E-state index is -0.750. The van der Waals surface area contributed by atoms with Crippen LogP contribution in [-0.2, 0) is 11.4 Å². The molecule has 0 fully saturated rings. The van der Waals surface area contributed by atoms with E-state index >= 15 is 0 Å². The average molecular weight is 389 g/mol. The summed E-state index contributed by atoms with van der Waals surface area (Å²) in [6.07, 6.45) is 1.52. The number of amides is 1. The molecule has 29 heavy (non-hydrogen) atoms. The molecule has 0 saturated carbocycles. The normalized spacial score (nSPS) is 11.9. The molecule has 0 saturated heterocycles. The van der Waals surface area contributed by atoms with Gasteiger partial charge in [0.05, 0.1) is 17.4 Å². The van der Waals surface area contributed by atoms with Gasteiger partial charge in [-0.1, -0.05) is 42.5 Å². The third kappa shape index (κ3) is 4.03. The number of para-hydroxylation sites is 2. The monoisotopic (exact) mass is 389 g/mol. The molecule has 2 heterocycles. The summed E-state index contributed by atoms with van der Waals surface area (Å²) < 4.78 is 12.2. The summed E-state index contributed by atoms with van der Waals surface area (Å²) in [7, 11) is 0. The summed E-state index contributed by atoms with van der Waals surface area (Å²) in [4.78, 5) is 29.0. The molecule has 7 nitrogen and oxygen atoms in total. The van der Waals surface area contributed by atoms with Crippen molar-refractivity contribution in [2.45, 2.75) is 19.6 Å². The number of carbonyl (C=O) groups is 1. The Balaban J connectivity index is 1.42. The van der Waals surface area contributed by atoms with Crippen LogP contribution in [0.2, 0.25) is 0 Å². The van der Waals surface area contributed by atoms with Crippen LogP contribution in [-0.4, -0.2) is 15.5 Å². The average Bonchev–Trinajstić information content (AvgIpc) is 3.09. The van der Waals surface area contributed by atoms with Gasteiger partial charge in [-0.3, -0.25) is 9.36 Å². The van der Waals surface area contributed by atoms with Crippen molar-refractivity contribution in [3.05, 3.63) is 89.0 Å². The van der Waals surface area contributed by atoms with E-state index in [0.717, 1.165) is 5.56 Å². The van der Waals surface area contributed by atoms with E-state index in [1.54, 1.807) is 43.3 Å². The van der Waals surface area contributed by atoms with Crippen molar-refractivity contribution in [2.75, 3.05) is 5.32 Å². The maximum atomic E-state index is 12.6. The third-order valence-electron chi connectivity index (χ3n) is 4.52. The lowest BCUT2D eigenvalue weighted by atomic mass is 10.2. The Morgan fingerprint density at radius 2 is 1.86 bits per heavy atom. The summed E-state index contributed by atoms with van der Waals surface area (Å²) in [6, 6.07) is 19.4. The highest BCUT2D eigenvalue weighted by atomic mass is 16.5. The van der Waals surface area contributed by atoms with Crippen LogP contribution in [0.15, 0.2) is 82.1 Å². The Morgan fingerprint density at radius 3 is 2.62 bits per heavy atom. The lowest BCUT2D eigenvalue weighted by Gasteiger charge is -2.13. The summed E-state index contributed by atoms with van der Waals surface area (Å²) in [5, 5.41) is 2.76. The number of hydrogen-bond acceptors (Lipinski definition) is 5. The number of rotatable bonds is 6. The van der Waals surface area contributed by atoms with E-state index in [9.17, 15) is 9.59 Å². The van der Waals surface area contributed by atoms with Crippen molar-refractivity contribution >= 4 is 22.7 Å². The Hall–Kier alpha value is -3.87. The quantitative estimate of drug-likeness (QED) is 0.542. The van der Waals surface area contributed by atoms with Crippen molar-refractivity contribution in [1.29, 1.82) is 0 Å². The van der Waals surface area contributed by atoms with Crippen molar-refractivity contribution < 1.29 is 13.9 Å². The van der Waals surface area contributed by atoms with Crippen LogP contribution in [0.3, 0.4) is 0 Å². The molecule has 4 rings (SSSR count). The van der Waals surface area contributed by atoms with Crippen LogP contribution in [0, 0.1) is 0 Å². The number of nitrogens with zero attached hydrogens (tertiary/aromatic N) is 2. The Kier molecular flexibility index (Phi) is 5.11. The predicted molar refractivity (Wildman–Crippen MR) is 109 cm³/mol. The summed E-state index contributed by atoms with van der Waals surface area (Å²) in [5.41, 5.74) is 2.56. The van der Waals surface area contributed by atoms with E-state index in [1.807, 2.05) is 30.3 Å². The van der Waals surface area contributed by atoms with Crippen molar-refractivity contribution in [1.82, 2.24) is 9.55 Å². The molecule has 7 heteroatoms. The third-order valence-corrected chi connectivity index (χ3v) is 4.52. The molecular formula is C22H19N3O4. The fraction of sp³-hybridized carbons (Fsp3) is 0.136. The SMILES string of the molecule is CC(C(=O)Nc1ccc(OCc2ccccc2)nc1)n1c(=O)oc2ccccc21. The van der Waals surface area contributed by atoms with Gasteiger partial charge in [-0.25, -0.2) is 9.78 Å². The molecular weight excluding hydrogens is 370 g/mol. The van der Waals surface area contributed by atoms with Gasteiger partial charge in [0.15, 0.2) is 5.58 Å². The van der Waals surface area contributed by atoms with Crippen molar-refractivity contribution in [2.24, 2.45) is 0 Å². The number of benzene rings is 2. The number of nitrogens with one attached hydrogen (secondary N) is 1. The van der Waals surface area contributed by atoms with Crippen LogP contribution >= 0.6 is 0 Å². The number of carbonyl (C=O) groups excluding carboxylic acids is 1. The molecule has 0 radical (unpaired) electrons. The minimum Gasteiger partial charge on any atom is -0.473 e. The fourth-order valence-corrected chi connectivity index (χ4v) is 2.99. The first-order valence-corrected chi connectivity index (χ1v) is 9.15. The number of oxazole rings is 1. The molecule has 1 N–H and O–H groups in total. The van der Waals surface area contributed by atoms with Gasteiger partial charge < -0.3 is 14.5 Å². The fourth-order valence-electron chi connectivity index (χ4n) is 2.99. The number of fused-ring (bicyclic) bond motifs is 1. The van der Waals surface area contributed by atoms with Gasteiger partial charge in [-0.2, -0.15) is 0 Å². The van der Waals surface area contributed by atoms with Gasteiger partial charge in [-0.15, -0.1) is 0 Å². The zero-order chi connectivity index (χ0) is 20.2. The number of aromatic nitrogens is 2. The standard InChI is InChI=1S/C22H19N3O4/c1-15(25-18-9-5-6-10-19(18)29-22(25)27)21(26)24-17-11-12-20(23-13-17)28-14-16-7-3-2-4-8-16/h2-13,15H,14H2,1H3,(H,24,26). The topological polar surface area (TPSA) is 86.4 Å². The lowest BCUT2D eigenvalue weighted by molar-refractivity contribution is -0.118. The van der Waals surface area contributed by atoms with E-state index in [2.05, 4.69) is 10.3 Å². The molecule has 0 spiro atoms. The molecule has 0 aliphatic carbocycles. The summed E-state index contributed by atoms with van der Waals surface area (Å²) >= 11 is 0. The summed E-state index contributed by atoms with van der Waals surface area (Å²) in [5.74, 6) is -0.466. The first-order chi connectivity index (χ1) is 14.1. The number of anilines is 1. The van der Waals surface area contributed by atoms with Gasteiger partial charge in [0.25, 0.3) is 0 Å². The van der Waals surface area contributed by atoms with Gasteiger partial charge in [-0.05, 0) is 30.7 Å². The van der Waals surface area contributed by atoms with Crippen LogP contribution in [0.5, 0.6) is 5.88 Å². The lowest BCUT2D eigenvalue weighted by Crippen LogP contribution is -2.29. The van der Waals surface area contributed by atoms with E-state index in [-0.39, 0.29) is 5.91 Å². The first-order valence-electron chi connectivity index (χ1n) is 9.15. The van der Waals surface area contributed by atoms with Crippen molar-refractivity contribution in [3.63, 3.8) is 0 Å². The maximum absolute atomic E-state index is 12.6. The highest BCUT2D eigenvalue weighted by Crippen LogP contribution is 2.19. The highest BCUT2D eigenvalue weighted by Gasteiger charge is 2.21. The number of hydrogen-bond donors (Lipinski definition) is 1. The van der Waals surface area contributed by atoms with E-state index in [4.69, 9.17) is 9.15 Å². The second kappa shape index (κ2) is 8.02. The largest absolute Gasteiger partial charge is 0.473 e. The van der Waals surface area contributed by atoms with Crippen LogP contribution in [0.1, 0.15) is 18.5 Å². The molecule has 0 aliphatic heterocycles. The molecule has 2 aromatic carbocycles.